The summed E-state index contributed by atoms with van der Waals surface area (Å²) in [5.74, 6) is -1.30. The second-order valence-electron chi connectivity index (χ2n) is 3.52. The normalized spacial score (nSPS) is 12.8. The molecule has 0 spiro atoms. The van der Waals surface area contributed by atoms with Crippen molar-refractivity contribution in [2.45, 2.75) is 12.3 Å². The van der Waals surface area contributed by atoms with E-state index < -0.39 is 37.2 Å². The van der Waals surface area contributed by atoms with Gasteiger partial charge < -0.3 is 15.7 Å². The fourth-order valence-corrected chi connectivity index (χ4v) is 1.68. The van der Waals surface area contributed by atoms with Gasteiger partial charge in [-0.2, -0.15) is 13.2 Å². The van der Waals surface area contributed by atoms with Gasteiger partial charge in [-0.15, -0.1) is 11.3 Å². The van der Waals surface area contributed by atoms with Gasteiger partial charge in [0.1, 0.15) is 0 Å². The van der Waals surface area contributed by atoms with Gasteiger partial charge in [0, 0.05) is 0 Å². The van der Waals surface area contributed by atoms with Crippen LogP contribution in [0.5, 0.6) is 0 Å². The van der Waals surface area contributed by atoms with Crippen LogP contribution in [-0.4, -0.2) is 42.3 Å². The minimum absolute atomic E-state index is 0.392. The van der Waals surface area contributed by atoms with Crippen LogP contribution in [0.2, 0.25) is 0 Å². The van der Waals surface area contributed by atoms with Crippen LogP contribution in [0.25, 0.3) is 0 Å². The second-order valence-corrected chi connectivity index (χ2v) is 4.47. The predicted octanol–water partition coefficient (Wildman–Crippen LogP) is 0.517. The molecule has 9 heteroatoms. The van der Waals surface area contributed by atoms with Gasteiger partial charge in [-0.3, -0.25) is 9.59 Å². The first-order chi connectivity index (χ1) is 8.80. The summed E-state index contributed by atoms with van der Waals surface area (Å²) in [5, 5.41) is 14.4. The van der Waals surface area contributed by atoms with E-state index >= 15 is 0 Å². The number of aliphatic hydroxyl groups is 1. The molecule has 1 unspecified atom stereocenters. The van der Waals surface area contributed by atoms with Gasteiger partial charge in [-0.25, -0.2) is 0 Å². The lowest BCUT2D eigenvalue weighted by Crippen LogP contribution is -2.44. The van der Waals surface area contributed by atoms with Gasteiger partial charge in [0.05, 0.1) is 18.0 Å². The van der Waals surface area contributed by atoms with E-state index in [9.17, 15) is 22.8 Å². The van der Waals surface area contributed by atoms with Gasteiger partial charge in [0.25, 0.3) is 5.91 Å². The molecule has 0 saturated carbocycles. The Hall–Kier alpha value is -1.61. The molecule has 0 radical (unpaired) electrons. The molecule has 1 heterocycles. The number of thiophene rings is 1. The summed E-state index contributed by atoms with van der Waals surface area (Å²) in [6, 6.07) is 3.20. The van der Waals surface area contributed by atoms with Crippen molar-refractivity contribution in [2.24, 2.45) is 0 Å². The standard InChI is InChI=1S/C10H11F3N2O3S/c11-10(12,13)7(16)4-14-8(17)5-15-9(18)6-2-1-3-19-6/h1-3,7,16H,4-5H2,(H,14,17)(H,15,18). The average Bonchev–Trinajstić information content (AvgIpc) is 2.85. The molecule has 19 heavy (non-hydrogen) atoms. The molecular formula is C10H11F3N2O3S. The molecule has 0 aromatic carbocycles. The predicted molar refractivity (Wildman–Crippen MR) is 61.7 cm³/mol. The second kappa shape index (κ2) is 6.53. The summed E-state index contributed by atoms with van der Waals surface area (Å²) in [7, 11) is 0. The van der Waals surface area contributed by atoms with Crippen molar-refractivity contribution in [3.8, 4) is 0 Å². The number of halogens is 3. The number of hydrogen-bond acceptors (Lipinski definition) is 4. The van der Waals surface area contributed by atoms with Crippen molar-refractivity contribution in [3.63, 3.8) is 0 Å². The van der Waals surface area contributed by atoms with Crippen LogP contribution in [0.1, 0.15) is 9.67 Å². The largest absolute Gasteiger partial charge is 0.416 e. The van der Waals surface area contributed by atoms with Gasteiger partial charge in [0.2, 0.25) is 5.91 Å². The maximum absolute atomic E-state index is 11.9. The van der Waals surface area contributed by atoms with E-state index in [0.717, 1.165) is 0 Å². The first-order valence-corrected chi connectivity index (χ1v) is 6.02. The Kier molecular flexibility index (Phi) is 5.31. The summed E-state index contributed by atoms with van der Waals surface area (Å²) in [5.41, 5.74) is 0. The molecule has 2 amide bonds. The molecule has 106 valence electrons. The zero-order chi connectivity index (χ0) is 14.5. The summed E-state index contributed by atoms with van der Waals surface area (Å²) >= 11 is 1.17. The quantitative estimate of drug-likeness (QED) is 0.741. The average molecular weight is 296 g/mol. The van der Waals surface area contributed by atoms with Crippen molar-refractivity contribution < 1.29 is 27.9 Å². The number of aliphatic hydroxyl groups excluding tert-OH is 1. The minimum Gasteiger partial charge on any atom is -0.382 e. The molecule has 0 aliphatic carbocycles. The topological polar surface area (TPSA) is 78.4 Å². The van der Waals surface area contributed by atoms with E-state index in [1.807, 2.05) is 5.32 Å². The number of amides is 2. The highest BCUT2D eigenvalue weighted by Crippen LogP contribution is 2.19. The highest BCUT2D eigenvalue weighted by Gasteiger charge is 2.38. The Morgan fingerprint density at radius 1 is 1.37 bits per heavy atom. The van der Waals surface area contributed by atoms with Gasteiger partial charge >= 0.3 is 6.18 Å². The lowest BCUT2D eigenvalue weighted by molar-refractivity contribution is -0.201. The smallest absolute Gasteiger partial charge is 0.382 e. The molecule has 0 aliphatic rings. The van der Waals surface area contributed by atoms with Crippen molar-refractivity contribution in [3.05, 3.63) is 22.4 Å². The molecular weight excluding hydrogens is 285 g/mol. The Balaban J connectivity index is 2.27. The lowest BCUT2D eigenvalue weighted by atomic mass is 10.3. The molecule has 0 fully saturated rings. The molecule has 1 atom stereocenters. The summed E-state index contributed by atoms with van der Waals surface area (Å²) in [6.07, 6.45) is -7.41. The van der Waals surface area contributed by atoms with Crippen LogP contribution in [0.4, 0.5) is 13.2 Å². The van der Waals surface area contributed by atoms with Gasteiger partial charge in [-0.1, -0.05) is 6.07 Å². The summed E-state index contributed by atoms with van der Waals surface area (Å²) < 4.78 is 35.8. The molecule has 0 bridgehead atoms. The lowest BCUT2D eigenvalue weighted by Gasteiger charge is -2.15. The fourth-order valence-electron chi connectivity index (χ4n) is 1.04. The number of nitrogens with one attached hydrogen (secondary N) is 2. The number of carbonyl (C=O) groups is 2. The number of hydrogen-bond donors (Lipinski definition) is 3. The number of carbonyl (C=O) groups excluding carboxylic acids is 2. The Morgan fingerprint density at radius 2 is 2.05 bits per heavy atom. The molecule has 5 nitrogen and oxygen atoms in total. The van der Waals surface area contributed by atoms with Crippen LogP contribution in [0.15, 0.2) is 17.5 Å². The Labute approximate surface area is 110 Å². The third-order valence-electron chi connectivity index (χ3n) is 2.02. The Morgan fingerprint density at radius 3 is 2.58 bits per heavy atom. The highest BCUT2D eigenvalue weighted by molar-refractivity contribution is 7.12. The van der Waals surface area contributed by atoms with E-state index in [2.05, 4.69) is 5.32 Å². The Bertz CT molecular complexity index is 434. The van der Waals surface area contributed by atoms with Crippen molar-refractivity contribution >= 4 is 23.2 Å². The maximum atomic E-state index is 11.9. The molecule has 0 aliphatic heterocycles. The first-order valence-electron chi connectivity index (χ1n) is 5.14. The number of alkyl halides is 3. The van der Waals surface area contributed by atoms with E-state index in [0.29, 0.717) is 4.88 Å². The van der Waals surface area contributed by atoms with Crippen LogP contribution < -0.4 is 10.6 Å². The van der Waals surface area contributed by atoms with Crippen molar-refractivity contribution in [1.29, 1.82) is 0 Å². The van der Waals surface area contributed by atoms with Gasteiger partial charge in [-0.05, 0) is 11.4 Å². The monoisotopic (exact) mass is 296 g/mol. The molecule has 1 aromatic heterocycles. The zero-order valence-corrected chi connectivity index (χ0v) is 10.3. The maximum Gasteiger partial charge on any atom is 0.416 e. The van der Waals surface area contributed by atoms with Gasteiger partial charge in [0.15, 0.2) is 6.10 Å². The third-order valence-corrected chi connectivity index (χ3v) is 2.89. The molecule has 1 aromatic rings. The van der Waals surface area contributed by atoms with Crippen molar-refractivity contribution in [1.82, 2.24) is 10.6 Å². The van der Waals surface area contributed by atoms with Crippen LogP contribution in [0, 0.1) is 0 Å². The summed E-state index contributed by atoms with van der Waals surface area (Å²) in [6.45, 7) is -1.40. The highest BCUT2D eigenvalue weighted by atomic mass is 32.1. The van der Waals surface area contributed by atoms with Crippen LogP contribution in [-0.2, 0) is 4.79 Å². The van der Waals surface area contributed by atoms with Crippen LogP contribution in [0.3, 0.4) is 0 Å². The van der Waals surface area contributed by atoms with E-state index in [-0.39, 0.29) is 0 Å². The van der Waals surface area contributed by atoms with E-state index in [4.69, 9.17) is 5.11 Å². The van der Waals surface area contributed by atoms with Crippen LogP contribution >= 0.6 is 11.3 Å². The minimum atomic E-state index is -4.78. The number of rotatable bonds is 5. The van der Waals surface area contributed by atoms with Crippen molar-refractivity contribution in [2.75, 3.05) is 13.1 Å². The summed E-state index contributed by atoms with van der Waals surface area (Å²) in [4.78, 5) is 22.9. The van der Waals surface area contributed by atoms with E-state index in [1.165, 1.54) is 11.3 Å². The molecule has 0 saturated heterocycles. The SMILES string of the molecule is O=C(CNC(=O)c1cccs1)NCC(O)C(F)(F)F. The van der Waals surface area contributed by atoms with E-state index in [1.54, 1.807) is 17.5 Å². The first kappa shape index (κ1) is 15.4. The fraction of sp³-hybridized carbons (Fsp3) is 0.400. The molecule has 1 rings (SSSR count). The molecule has 3 N–H and O–H groups in total. The third kappa shape index (κ3) is 5.26. The zero-order valence-electron chi connectivity index (χ0n) is 9.53.